The molecule has 2 aromatic carbocycles. The summed E-state index contributed by atoms with van der Waals surface area (Å²) in [6, 6.07) is 11.0. The van der Waals surface area contributed by atoms with Crippen LogP contribution in [-0.4, -0.2) is 39.3 Å². The third kappa shape index (κ3) is 4.64. The molecule has 0 unspecified atom stereocenters. The number of carbonyl (C=O) groups excluding carboxylic acids is 1. The fourth-order valence-corrected chi connectivity index (χ4v) is 3.87. The van der Waals surface area contributed by atoms with Gasteiger partial charge < -0.3 is 10.1 Å². The third-order valence-electron chi connectivity index (χ3n) is 3.34. The predicted molar refractivity (Wildman–Crippen MR) is 97.9 cm³/mol. The van der Waals surface area contributed by atoms with E-state index in [0.29, 0.717) is 11.4 Å². The summed E-state index contributed by atoms with van der Waals surface area (Å²) < 4.78 is 31.1. The van der Waals surface area contributed by atoms with E-state index in [9.17, 15) is 13.2 Å². The van der Waals surface area contributed by atoms with E-state index >= 15 is 0 Å². The van der Waals surface area contributed by atoms with Crippen LogP contribution < -0.4 is 10.1 Å². The quantitative estimate of drug-likeness (QED) is 0.804. The monoisotopic (exact) mass is 402 g/mol. The van der Waals surface area contributed by atoms with Gasteiger partial charge >= 0.3 is 0 Å². The minimum absolute atomic E-state index is 0.0772. The molecule has 0 aliphatic heterocycles. The molecule has 0 radical (unpaired) electrons. The largest absolute Gasteiger partial charge is 0.497 e. The Labute approximate surface area is 156 Å². The van der Waals surface area contributed by atoms with Crippen LogP contribution in [0.4, 0.5) is 5.69 Å². The summed E-state index contributed by atoms with van der Waals surface area (Å²) in [6.07, 6.45) is 0. The first-order valence-corrected chi connectivity index (χ1v) is 9.29. The Morgan fingerprint density at radius 3 is 2.40 bits per heavy atom. The highest BCUT2D eigenvalue weighted by Gasteiger charge is 2.26. The number of methoxy groups -OCH3 is 1. The topological polar surface area (TPSA) is 75.7 Å². The molecule has 0 saturated carbocycles. The minimum atomic E-state index is -3.95. The summed E-state index contributed by atoms with van der Waals surface area (Å²) in [5, 5.41) is 2.66. The van der Waals surface area contributed by atoms with Crippen molar-refractivity contribution in [2.75, 3.05) is 26.0 Å². The van der Waals surface area contributed by atoms with Crippen LogP contribution in [0, 0.1) is 0 Å². The second kappa shape index (κ2) is 8.05. The first-order chi connectivity index (χ1) is 11.8. The lowest BCUT2D eigenvalue weighted by atomic mass is 10.3. The van der Waals surface area contributed by atoms with Gasteiger partial charge in [0.2, 0.25) is 15.9 Å². The fourth-order valence-electron chi connectivity index (χ4n) is 2.01. The van der Waals surface area contributed by atoms with E-state index in [2.05, 4.69) is 5.32 Å². The van der Waals surface area contributed by atoms with Crippen molar-refractivity contribution in [3.05, 3.63) is 52.5 Å². The maximum atomic E-state index is 12.6. The van der Waals surface area contributed by atoms with Crippen molar-refractivity contribution in [2.24, 2.45) is 0 Å². The van der Waals surface area contributed by atoms with Crippen molar-refractivity contribution in [3.63, 3.8) is 0 Å². The lowest BCUT2D eigenvalue weighted by molar-refractivity contribution is -0.116. The maximum absolute atomic E-state index is 12.6. The molecule has 0 aliphatic carbocycles. The molecular weight excluding hydrogens is 387 g/mol. The summed E-state index contributed by atoms with van der Waals surface area (Å²) in [5.74, 6) is 0.155. The van der Waals surface area contributed by atoms with Crippen LogP contribution >= 0.6 is 23.2 Å². The molecule has 0 spiro atoms. The Morgan fingerprint density at radius 2 is 1.80 bits per heavy atom. The Hall–Kier alpha value is -1.80. The normalized spacial score (nSPS) is 11.4. The minimum Gasteiger partial charge on any atom is -0.497 e. The number of nitrogens with zero attached hydrogens (tertiary/aromatic N) is 1. The first-order valence-electron chi connectivity index (χ1n) is 7.10. The van der Waals surface area contributed by atoms with Crippen LogP contribution in [-0.2, 0) is 14.8 Å². The van der Waals surface area contributed by atoms with Gasteiger partial charge in [-0.3, -0.25) is 4.79 Å². The van der Waals surface area contributed by atoms with Gasteiger partial charge in [-0.05, 0) is 36.4 Å². The molecule has 6 nitrogen and oxygen atoms in total. The van der Waals surface area contributed by atoms with Crippen molar-refractivity contribution in [1.29, 1.82) is 0 Å². The number of benzene rings is 2. The molecule has 0 fully saturated rings. The number of amides is 1. The van der Waals surface area contributed by atoms with Gasteiger partial charge in [-0.1, -0.05) is 29.3 Å². The molecule has 0 aromatic heterocycles. The number of halogens is 2. The highest BCUT2D eigenvalue weighted by Crippen LogP contribution is 2.30. The van der Waals surface area contributed by atoms with Gasteiger partial charge in [0.25, 0.3) is 0 Å². The Bertz CT molecular complexity index is 870. The van der Waals surface area contributed by atoms with Gasteiger partial charge in [0.05, 0.1) is 23.7 Å². The number of carbonyl (C=O) groups is 1. The number of hydrogen-bond acceptors (Lipinski definition) is 4. The van der Waals surface area contributed by atoms with Gasteiger partial charge in [-0.25, -0.2) is 8.42 Å². The number of sulfonamides is 1. The van der Waals surface area contributed by atoms with Gasteiger partial charge in [-0.15, -0.1) is 0 Å². The molecule has 0 bridgehead atoms. The van der Waals surface area contributed by atoms with Crippen molar-refractivity contribution in [2.45, 2.75) is 4.90 Å². The maximum Gasteiger partial charge on any atom is 0.244 e. The van der Waals surface area contributed by atoms with Crippen LogP contribution in [0.25, 0.3) is 0 Å². The molecule has 134 valence electrons. The van der Waals surface area contributed by atoms with E-state index in [1.807, 2.05) is 0 Å². The van der Waals surface area contributed by atoms with Crippen LogP contribution in [0.15, 0.2) is 47.4 Å². The number of hydrogen-bond donors (Lipinski definition) is 1. The second-order valence-electron chi connectivity index (χ2n) is 5.09. The third-order valence-corrected chi connectivity index (χ3v) is 6.12. The van der Waals surface area contributed by atoms with Gasteiger partial charge in [0.1, 0.15) is 10.6 Å². The van der Waals surface area contributed by atoms with E-state index < -0.39 is 15.9 Å². The van der Waals surface area contributed by atoms with Crippen molar-refractivity contribution >= 4 is 44.8 Å². The zero-order valence-electron chi connectivity index (χ0n) is 13.5. The smallest absolute Gasteiger partial charge is 0.244 e. The SMILES string of the molecule is COc1ccc(NC(=O)CN(C)S(=O)(=O)c2cccc(Cl)c2Cl)cc1. The molecule has 25 heavy (non-hydrogen) atoms. The molecule has 0 aliphatic rings. The van der Waals surface area contributed by atoms with Crippen molar-refractivity contribution in [3.8, 4) is 5.75 Å². The van der Waals surface area contributed by atoms with Crippen LogP contribution in [0.3, 0.4) is 0 Å². The summed E-state index contributed by atoms with van der Waals surface area (Å²) in [5.41, 5.74) is 0.525. The standard InChI is InChI=1S/C16H16Cl2N2O4S/c1-20(25(22,23)14-5-3-4-13(17)16(14)18)10-15(21)19-11-6-8-12(24-2)9-7-11/h3-9H,10H2,1-2H3,(H,19,21). The Kier molecular flexibility index (Phi) is 6.29. The van der Waals surface area contributed by atoms with Crippen molar-refractivity contribution < 1.29 is 17.9 Å². The number of likely N-dealkylation sites (N-methyl/N-ethyl adjacent to an activating group) is 1. The fraction of sp³-hybridized carbons (Fsp3) is 0.188. The van der Waals surface area contributed by atoms with E-state index in [1.54, 1.807) is 24.3 Å². The average molecular weight is 403 g/mol. The van der Waals surface area contributed by atoms with Gasteiger partial charge in [-0.2, -0.15) is 4.31 Å². The average Bonchev–Trinajstić information content (AvgIpc) is 2.57. The first kappa shape index (κ1) is 19.5. The van der Waals surface area contributed by atoms with E-state index in [1.165, 1.54) is 32.4 Å². The summed E-state index contributed by atoms with van der Waals surface area (Å²) in [6.45, 7) is -0.378. The van der Waals surface area contributed by atoms with E-state index in [4.69, 9.17) is 27.9 Å². The molecule has 2 rings (SSSR count). The summed E-state index contributed by atoms with van der Waals surface area (Å²) in [4.78, 5) is 11.9. The molecule has 1 N–H and O–H groups in total. The zero-order chi connectivity index (χ0) is 18.6. The number of anilines is 1. The molecule has 9 heteroatoms. The lowest BCUT2D eigenvalue weighted by Gasteiger charge is -2.18. The number of rotatable bonds is 6. The van der Waals surface area contributed by atoms with Crippen molar-refractivity contribution in [1.82, 2.24) is 4.31 Å². The number of nitrogens with one attached hydrogen (secondary N) is 1. The molecule has 2 aromatic rings. The van der Waals surface area contributed by atoms with E-state index in [-0.39, 0.29) is 21.5 Å². The Morgan fingerprint density at radius 1 is 1.16 bits per heavy atom. The number of ether oxygens (including phenoxy) is 1. The van der Waals surface area contributed by atoms with Gasteiger partial charge in [0.15, 0.2) is 0 Å². The highest BCUT2D eigenvalue weighted by molar-refractivity contribution is 7.89. The second-order valence-corrected chi connectivity index (χ2v) is 7.89. The van der Waals surface area contributed by atoms with Crippen LogP contribution in [0.1, 0.15) is 0 Å². The van der Waals surface area contributed by atoms with Gasteiger partial charge in [0, 0.05) is 12.7 Å². The van der Waals surface area contributed by atoms with Crippen LogP contribution in [0.2, 0.25) is 10.0 Å². The molecule has 0 atom stereocenters. The highest BCUT2D eigenvalue weighted by atomic mass is 35.5. The molecule has 0 heterocycles. The lowest BCUT2D eigenvalue weighted by Crippen LogP contribution is -2.35. The zero-order valence-corrected chi connectivity index (χ0v) is 15.8. The Balaban J connectivity index is 2.10. The molecular formula is C16H16Cl2N2O4S. The predicted octanol–water partition coefficient (Wildman–Crippen LogP) is 3.26. The molecule has 1 amide bonds. The summed E-state index contributed by atoms with van der Waals surface area (Å²) >= 11 is 11.8. The molecule has 0 saturated heterocycles. The van der Waals surface area contributed by atoms with E-state index in [0.717, 1.165) is 4.31 Å². The summed E-state index contributed by atoms with van der Waals surface area (Å²) in [7, 11) is -1.13. The van der Waals surface area contributed by atoms with Crippen LogP contribution in [0.5, 0.6) is 5.75 Å².